The molecule has 0 unspecified atom stereocenters. The van der Waals surface area contributed by atoms with Gasteiger partial charge < -0.3 is 10.4 Å². The Labute approximate surface area is 123 Å². The zero-order chi connectivity index (χ0) is 14.7. The average molecular weight is 295 g/mol. The molecule has 0 bridgehead atoms. The Kier molecular flexibility index (Phi) is 4.99. The first-order valence-corrected chi connectivity index (χ1v) is 8.13. The average Bonchev–Trinajstić information content (AvgIpc) is 2.40. The molecule has 6 heteroatoms. The number of aryl methyl sites for hydroxylation is 2. The summed E-state index contributed by atoms with van der Waals surface area (Å²) < 4.78 is 0. The molecule has 0 saturated heterocycles. The molecule has 1 saturated carbocycles. The Morgan fingerprint density at radius 3 is 2.65 bits per heavy atom. The van der Waals surface area contributed by atoms with Gasteiger partial charge in [-0.3, -0.25) is 4.79 Å². The third-order valence-corrected chi connectivity index (χ3v) is 4.32. The van der Waals surface area contributed by atoms with Gasteiger partial charge in [0.1, 0.15) is 10.9 Å². The third kappa shape index (κ3) is 3.30. The van der Waals surface area contributed by atoms with Crippen LogP contribution < -0.4 is 5.32 Å². The van der Waals surface area contributed by atoms with Crippen LogP contribution in [-0.4, -0.2) is 39.4 Å². The van der Waals surface area contributed by atoms with E-state index in [1.807, 2.05) is 20.1 Å². The van der Waals surface area contributed by atoms with E-state index in [0.717, 1.165) is 25.7 Å². The van der Waals surface area contributed by atoms with Crippen molar-refractivity contribution < 1.29 is 9.90 Å². The van der Waals surface area contributed by atoms with E-state index in [-0.39, 0.29) is 11.9 Å². The zero-order valence-corrected chi connectivity index (χ0v) is 13.0. The van der Waals surface area contributed by atoms with Gasteiger partial charge in [-0.15, -0.1) is 11.8 Å². The van der Waals surface area contributed by atoms with Gasteiger partial charge >= 0.3 is 0 Å². The summed E-state index contributed by atoms with van der Waals surface area (Å²) >= 11 is 1.44. The maximum absolute atomic E-state index is 12.5. The number of rotatable bonds is 3. The van der Waals surface area contributed by atoms with Crippen molar-refractivity contribution in [2.45, 2.75) is 56.7 Å². The summed E-state index contributed by atoms with van der Waals surface area (Å²) in [5.41, 5.74) is 1.21. The third-order valence-electron chi connectivity index (χ3n) is 3.63. The van der Waals surface area contributed by atoms with Gasteiger partial charge in [0, 0.05) is 0 Å². The first-order valence-electron chi connectivity index (χ1n) is 6.91. The Hall–Kier alpha value is -1.14. The molecule has 1 aliphatic rings. The molecule has 0 aliphatic heterocycles. The highest BCUT2D eigenvalue weighted by molar-refractivity contribution is 7.98. The van der Waals surface area contributed by atoms with E-state index in [0.29, 0.717) is 22.1 Å². The summed E-state index contributed by atoms with van der Waals surface area (Å²) in [6, 6.07) is -0.161. The number of nitrogens with one attached hydrogen (secondary N) is 1. The molecule has 1 amide bonds. The van der Waals surface area contributed by atoms with Gasteiger partial charge in [0.2, 0.25) is 0 Å². The predicted molar refractivity (Wildman–Crippen MR) is 79.0 cm³/mol. The van der Waals surface area contributed by atoms with Gasteiger partial charge in [-0.05, 0) is 32.9 Å². The summed E-state index contributed by atoms with van der Waals surface area (Å²) in [5.74, 6) is 0.485. The Morgan fingerprint density at radius 2 is 2.00 bits per heavy atom. The molecule has 2 rings (SSSR count). The summed E-state index contributed by atoms with van der Waals surface area (Å²) in [5, 5.41) is 13.6. The summed E-state index contributed by atoms with van der Waals surface area (Å²) in [4.78, 5) is 21.0. The van der Waals surface area contributed by atoms with Gasteiger partial charge in [0.05, 0.1) is 23.4 Å². The summed E-state index contributed by atoms with van der Waals surface area (Å²) in [6.45, 7) is 3.64. The molecule has 1 aliphatic carbocycles. The number of amides is 1. The first kappa shape index (κ1) is 15.3. The predicted octanol–water partition coefficient (Wildman–Crippen LogP) is 1.85. The number of hydrogen-bond donors (Lipinski definition) is 2. The second-order valence-electron chi connectivity index (χ2n) is 5.17. The minimum atomic E-state index is -0.447. The van der Waals surface area contributed by atoms with Crippen LogP contribution in [0.1, 0.15) is 47.6 Å². The second-order valence-corrected chi connectivity index (χ2v) is 5.97. The normalized spacial score (nSPS) is 22.6. The van der Waals surface area contributed by atoms with Crippen LogP contribution in [0.15, 0.2) is 5.03 Å². The molecule has 0 aromatic carbocycles. The number of aromatic nitrogens is 2. The monoisotopic (exact) mass is 295 g/mol. The van der Waals surface area contributed by atoms with Crippen molar-refractivity contribution in [3.05, 3.63) is 17.1 Å². The minimum absolute atomic E-state index is 0.161. The molecule has 20 heavy (non-hydrogen) atoms. The van der Waals surface area contributed by atoms with E-state index in [9.17, 15) is 9.90 Å². The van der Waals surface area contributed by atoms with Crippen LogP contribution >= 0.6 is 11.8 Å². The maximum atomic E-state index is 12.5. The molecule has 1 aromatic rings. The van der Waals surface area contributed by atoms with Crippen LogP contribution in [0.5, 0.6) is 0 Å². The molecule has 5 nitrogen and oxygen atoms in total. The minimum Gasteiger partial charge on any atom is -0.391 e. The van der Waals surface area contributed by atoms with E-state index < -0.39 is 6.10 Å². The highest BCUT2D eigenvalue weighted by Crippen LogP contribution is 2.22. The van der Waals surface area contributed by atoms with Crippen LogP contribution in [0.3, 0.4) is 0 Å². The standard InChI is InChI=1S/C14H21N3O2S/c1-8-12(14(20-3)16-9(2)15-8)13(19)17-10-6-4-5-7-11(10)18/h10-11,18H,4-7H2,1-3H3,(H,17,19)/t10-,11-/m0/s1. The number of hydrogen-bond acceptors (Lipinski definition) is 5. The molecule has 1 fully saturated rings. The Morgan fingerprint density at radius 1 is 1.30 bits per heavy atom. The van der Waals surface area contributed by atoms with Crippen LogP contribution in [0, 0.1) is 13.8 Å². The lowest BCUT2D eigenvalue weighted by Gasteiger charge is -2.28. The number of aliphatic hydroxyl groups is 1. The number of carbonyl (C=O) groups is 1. The largest absolute Gasteiger partial charge is 0.391 e. The van der Waals surface area contributed by atoms with E-state index in [2.05, 4.69) is 15.3 Å². The van der Waals surface area contributed by atoms with Crippen molar-refractivity contribution in [3.8, 4) is 0 Å². The van der Waals surface area contributed by atoms with Gasteiger partial charge in [-0.2, -0.15) is 0 Å². The molecular weight excluding hydrogens is 274 g/mol. The van der Waals surface area contributed by atoms with Crippen molar-refractivity contribution in [1.29, 1.82) is 0 Å². The Bertz CT molecular complexity index is 507. The molecular formula is C14H21N3O2S. The summed E-state index contributed by atoms with van der Waals surface area (Å²) in [6.07, 6.45) is 5.10. The Balaban J connectivity index is 2.20. The van der Waals surface area contributed by atoms with Crippen molar-refractivity contribution in [1.82, 2.24) is 15.3 Å². The van der Waals surface area contributed by atoms with Crippen molar-refractivity contribution in [2.24, 2.45) is 0 Å². The molecule has 2 N–H and O–H groups in total. The molecule has 1 heterocycles. The fourth-order valence-corrected chi connectivity index (χ4v) is 3.28. The molecule has 0 spiro atoms. The molecule has 2 atom stereocenters. The molecule has 0 radical (unpaired) electrons. The highest BCUT2D eigenvalue weighted by atomic mass is 32.2. The zero-order valence-electron chi connectivity index (χ0n) is 12.1. The molecule has 110 valence electrons. The fourth-order valence-electron chi connectivity index (χ4n) is 2.61. The van der Waals surface area contributed by atoms with E-state index in [1.165, 1.54) is 11.8 Å². The van der Waals surface area contributed by atoms with Crippen molar-refractivity contribution in [2.75, 3.05) is 6.26 Å². The lowest BCUT2D eigenvalue weighted by molar-refractivity contribution is 0.0714. The number of carbonyl (C=O) groups excluding carboxylic acids is 1. The van der Waals surface area contributed by atoms with Crippen molar-refractivity contribution in [3.63, 3.8) is 0 Å². The smallest absolute Gasteiger partial charge is 0.256 e. The van der Waals surface area contributed by atoms with Gasteiger partial charge in [0.25, 0.3) is 5.91 Å². The van der Waals surface area contributed by atoms with Crippen LogP contribution in [0.25, 0.3) is 0 Å². The lowest BCUT2D eigenvalue weighted by atomic mass is 9.92. The van der Waals surface area contributed by atoms with E-state index in [4.69, 9.17) is 0 Å². The topological polar surface area (TPSA) is 75.1 Å². The lowest BCUT2D eigenvalue weighted by Crippen LogP contribution is -2.45. The van der Waals surface area contributed by atoms with Gasteiger partial charge in [-0.25, -0.2) is 9.97 Å². The van der Waals surface area contributed by atoms with E-state index in [1.54, 1.807) is 0 Å². The first-order chi connectivity index (χ1) is 9.52. The number of aliphatic hydroxyl groups excluding tert-OH is 1. The van der Waals surface area contributed by atoms with Gasteiger partial charge in [0.15, 0.2) is 0 Å². The van der Waals surface area contributed by atoms with Gasteiger partial charge in [-0.1, -0.05) is 12.8 Å². The highest BCUT2D eigenvalue weighted by Gasteiger charge is 2.27. The molecule has 1 aromatic heterocycles. The second kappa shape index (κ2) is 6.54. The summed E-state index contributed by atoms with van der Waals surface area (Å²) in [7, 11) is 0. The fraction of sp³-hybridized carbons (Fsp3) is 0.643. The van der Waals surface area contributed by atoms with Crippen LogP contribution in [0.4, 0.5) is 0 Å². The number of nitrogens with zero attached hydrogens (tertiary/aromatic N) is 2. The number of thioether (sulfide) groups is 1. The maximum Gasteiger partial charge on any atom is 0.256 e. The van der Waals surface area contributed by atoms with Crippen molar-refractivity contribution >= 4 is 17.7 Å². The SMILES string of the molecule is CSc1nc(C)nc(C)c1C(=O)N[C@H]1CCCC[C@@H]1O. The van der Waals surface area contributed by atoms with E-state index >= 15 is 0 Å². The quantitative estimate of drug-likeness (QED) is 0.657. The van der Waals surface area contributed by atoms with Crippen LogP contribution in [-0.2, 0) is 0 Å². The van der Waals surface area contributed by atoms with Crippen LogP contribution in [0.2, 0.25) is 0 Å².